The summed E-state index contributed by atoms with van der Waals surface area (Å²) in [5.41, 5.74) is 7.72. The van der Waals surface area contributed by atoms with E-state index in [-0.39, 0.29) is 16.0 Å². The van der Waals surface area contributed by atoms with E-state index in [2.05, 4.69) is 39.2 Å². The molecule has 0 atom stereocenters. The number of alkyl halides is 3. The first-order chi connectivity index (χ1) is 16.1. The predicted octanol–water partition coefficient (Wildman–Crippen LogP) is 8.24. The molecule has 0 radical (unpaired) electrons. The van der Waals surface area contributed by atoms with Gasteiger partial charge in [-0.05, 0) is 66.2 Å². The molecule has 0 unspecified atom stereocenters. The van der Waals surface area contributed by atoms with Crippen molar-refractivity contribution in [1.82, 2.24) is 0 Å². The van der Waals surface area contributed by atoms with Crippen LogP contribution in [0.15, 0.2) is 60.7 Å². The summed E-state index contributed by atoms with van der Waals surface area (Å²) in [5, 5.41) is 2.80. The molecule has 0 saturated heterocycles. The van der Waals surface area contributed by atoms with E-state index >= 15 is 0 Å². The molecule has 9 heteroatoms. The summed E-state index contributed by atoms with van der Waals surface area (Å²) in [7, 11) is -2.06. The molecule has 1 amide bonds. The maximum atomic E-state index is 12.9. The Labute approximate surface area is 209 Å². The number of anilines is 2. The van der Waals surface area contributed by atoms with E-state index in [0.29, 0.717) is 33.8 Å². The molecule has 0 spiro atoms. The van der Waals surface area contributed by atoms with E-state index in [1.165, 1.54) is 6.07 Å². The van der Waals surface area contributed by atoms with Gasteiger partial charge in [-0.25, -0.2) is 0 Å². The van der Waals surface area contributed by atoms with Crippen molar-refractivity contribution in [1.29, 1.82) is 0 Å². The maximum absolute atomic E-state index is 12.9. The van der Waals surface area contributed by atoms with Crippen LogP contribution in [-0.4, -0.2) is 14.2 Å². The first-order valence-electron chi connectivity index (χ1n) is 11.0. The third-order valence-corrected chi connectivity index (χ3v) is 10.8. The SMILES string of the molecule is CC(C)(C)[Si](C)(C)Oc1ccc(NC(=O)c2ccc(-c3ccc(C(F)(F)F)cc3Cl)cc2)cc1N. The highest BCUT2D eigenvalue weighted by molar-refractivity contribution is 6.74. The molecule has 0 aliphatic rings. The number of benzene rings is 3. The molecule has 0 aromatic heterocycles. The molecule has 0 fully saturated rings. The Morgan fingerprint density at radius 3 is 2.11 bits per heavy atom. The molecular weight excluding hydrogens is 493 g/mol. The fraction of sp³-hybridized carbons (Fsp3) is 0.269. The lowest BCUT2D eigenvalue weighted by molar-refractivity contribution is -0.137. The topological polar surface area (TPSA) is 64.3 Å². The predicted molar refractivity (Wildman–Crippen MR) is 139 cm³/mol. The fourth-order valence-corrected chi connectivity index (χ4v) is 4.41. The second-order valence-electron chi connectivity index (χ2n) is 9.84. The molecule has 3 rings (SSSR count). The van der Waals surface area contributed by atoms with Gasteiger partial charge in [0.05, 0.1) is 11.3 Å². The number of carbonyl (C=O) groups is 1. The van der Waals surface area contributed by atoms with Gasteiger partial charge in [-0.2, -0.15) is 13.2 Å². The van der Waals surface area contributed by atoms with Gasteiger partial charge in [0, 0.05) is 21.8 Å². The lowest BCUT2D eigenvalue weighted by atomic mass is 10.0. The lowest BCUT2D eigenvalue weighted by Crippen LogP contribution is -2.44. The van der Waals surface area contributed by atoms with Crippen molar-refractivity contribution < 1.29 is 22.4 Å². The Hall–Kier alpha value is -2.97. The first-order valence-corrected chi connectivity index (χ1v) is 14.2. The molecule has 3 aromatic carbocycles. The molecule has 3 aromatic rings. The van der Waals surface area contributed by atoms with Gasteiger partial charge in [0.2, 0.25) is 0 Å². The summed E-state index contributed by atoms with van der Waals surface area (Å²) in [6, 6.07) is 14.7. The quantitative estimate of drug-likeness (QED) is 0.263. The number of nitrogen functional groups attached to an aromatic ring is 1. The van der Waals surface area contributed by atoms with Gasteiger partial charge in [0.15, 0.2) is 0 Å². The van der Waals surface area contributed by atoms with Crippen molar-refractivity contribution >= 4 is 37.2 Å². The zero-order chi connectivity index (χ0) is 26.2. The first kappa shape index (κ1) is 26.6. The van der Waals surface area contributed by atoms with E-state index in [1.807, 2.05) is 0 Å². The van der Waals surface area contributed by atoms with E-state index in [9.17, 15) is 18.0 Å². The van der Waals surface area contributed by atoms with Crippen LogP contribution in [0.3, 0.4) is 0 Å². The van der Waals surface area contributed by atoms with Crippen molar-refractivity contribution in [2.75, 3.05) is 11.1 Å². The number of hydrogen-bond acceptors (Lipinski definition) is 3. The average Bonchev–Trinajstić information content (AvgIpc) is 2.74. The standard InChI is InChI=1S/C26H28ClF3N2O2Si/c1-25(2,3)35(4,5)34-23-13-11-19(15-22(23)31)32-24(33)17-8-6-16(7-9-17)20-12-10-18(14-21(20)27)26(28,29)30/h6-15H,31H2,1-5H3,(H,32,33). The van der Waals surface area contributed by atoms with Gasteiger partial charge in [0.1, 0.15) is 5.75 Å². The largest absolute Gasteiger partial charge is 0.542 e. The van der Waals surface area contributed by atoms with Crippen LogP contribution in [0.2, 0.25) is 23.2 Å². The number of halogens is 4. The number of amides is 1. The van der Waals surface area contributed by atoms with Gasteiger partial charge in [-0.1, -0.05) is 50.6 Å². The van der Waals surface area contributed by atoms with Crippen LogP contribution in [0.5, 0.6) is 5.75 Å². The highest BCUT2D eigenvalue weighted by atomic mass is 35.5. The molecule has 0 aliphatic carbocycles. The van der Waals surface area contributed by atoms with Gasteiger partial charge >= 0.3 is 6.18 Å². The molecule has 0 saturated carbocycles. The van der Waals surface area contributed by atoms with E-state index in [4.69, 9.17) is 21.8 Å². The van der Waals surface area contributed by atoms with Crippen molar-refractivity contribution in [3.05, 3.63) is 76.8 Å². The number of hydrogen-bond donors (Lipinski definition) is 2. The minimum absolute atomic E-state index is 0.0170. The third-order valence-electron chi connectivity index (χ3n) is 6.19. The normalized spacial score (nSPS) is 12.4. The Kier molecular flexibility index (Phi) is 7.29. The summed E-state index contributed by atoms with van der Waals surface area (Å²) in [4.78, 5) is 12.7. The molecule has 0 heterocycles. The lowest BCUT2D eigenvalue weighted by Gasteiger charge is -2.36. The van der Waals surface area contributed by atoms with Crippen LogP contribution >= 0.6 is 11.6 Å². The smallest absolute Gasteiger partial charge is 0.416 e. The monoisotopic (exact) mass is 520 g/mol. The zero-order valence-electron chi connectivity index (χ0n) is 20.2. The summed E-state index contributed by atoms with van der Waals surface area (Å²) < 4.78 is 44.9. The number of nitrogens with one attached hydrogen (secondary N) is 1. The molecule has 4 nitrogen and oxygen atoms in total. The van der Waals surface area contributed by atoms with Gasteiger partial charge in [-0.3, -0.25) is 4.79 Å². The maximum Gasteiger partial charge on any atom is 0.416 e. The molecule has 0 bridgehead atoms. The second-order valence-corrected chi connectivity index (χ2v) is 15.0. The molecule has 0 aliphatic heterocycles. The van der Waals surface area contributed by atoms with Crippen LogP contribution in [-0.2, 0) is 6.18 Å². The van der Waals surface area contributed by atoms with E-state index in [1.54, 1.807) is 42.5 Å². The minimum atomic E-state index is -4.47. The second kappa shape index (κ2) is 9.58. The van der Waals surface area contributed by atoms with Crippen molar-refractivity contribution in [3.8, 4) is 16.9 Å². The van der Waals surface area contributed by atoms with E-state index < -0.39 is 20.1 Å². The molecule has 186 valence electrons. The van der Waals surface area contributed by atoms with Gasteiger partial charge in [0.25, 0.3) is 14.2 Å². The molecular formula is C26H28ClF3N2O2Si. The number of nitrogens with two attached hydrogens (primary N) is 1. The molecule has 35 heavy (non-hydrogen) atoms. The van der Waals surface area contributed by atoms with Crippen LogP contribution in [0, 0.1) is 0 Å². The summed E-state index contributed by atoms with van der Waals surface area (Å²) in [6.45, 7) is 10.7. The highest BCUT2D eigenvalue weighted by Gasteiger charge is 2.39. The van der Waals surface area contributed by atoms with Crippen molar-refractivity contribution in [2.24, 2.45) is 0 Å². The summed E-state index contributed by atoms with van der Waals surface area (Å²) >= 11 is 6.07. The Morgan fingerprint density at radius 2 is 1.60 bits per heavy atom. The van der Waals surface area contributed by atoms with Crippen LogP contribution in [0.1, 0.15) is 36.7 Å². The Morgan fingerprint density at radius 1 is 0.971 bits per heavy atom. The number of carbonyl (C=O) groups excluding carboxylic acids is 1. The highest BCUT2D eigenvalue weighted by Crippen LogP contribution is 2.39. The Bertz CT molecular complexity index is 1240. The molecule has 3 N–H and O–H groups in total. The Balaban J connectivity index is 1.73. The number of rotatable bonds is 5. The van der Waals surface area contributed by atoms with E-state index in [0.717, 1.165) is 12.1 Å². The third kappa shape index (κ3) is 6.18. The van der Waals surface area contributed by atoms with Crippen LogP contribution in [0.4, 0.5) is 24.5 Å². The zero-order valence-corrected chi connectivity index (χ0v) is 21.9. The van der Waals surface area contributed by atoms with Crippen molar-refractivity contribution in [2.45, 2.75) is 45.1 Å². The van der Waals surface area contributed by atoms with Crippen LogP contribution < -0.4 is 15.5 Å². The van der Waals surface area contributed by atoms with Crippen LogP contribution in [0.25, 0.3) is 11.1 Å². The fourth-order valence-electron chi connectivity index (χ4n) is 3.08. The van der Waals surface area contributed by atoms with Gasteiger partial charge in [-0.15, -0.1) is 0 Å². The van der Waals surface area contributed by atoms with Gasteiger partial charge < -0.3 is 15.5 Å². The minimum Gasteiger partial charge on any atom is -0.542 e. The average molecular weight is 521 g/mol. The summed E-state index contributed by atoms with van der Waals surface area (Å²) in [5.74, 6) is 0.236. The van der Waals surface area contributed by atoms with Crippen molar-refractivity contribution in [3.63, 3.8) is 0 Å². The summed E-state index contributed by atoms with van der Waals surface area (Å²) in [6.07, 6.45) is -4.47.